The van der Waals surface area contributed by atoms with Crippen LogP contribution in [0.3, 0.4) is 0 Å². The van der Waals surface area contributed by atoms with Crippen molar-refractivity contribution in [1.82, 2.24) is 0 Å². The average Bonchev–Trinajstić information content (AvgIpc) is 2.28. The molecule has 2 N–H and O–H groups in total. The van der Waals surface area contributed by atoms with Crippen molar-refractivity contribution >= 4 is 23.4 Å². The van der Waals surface area contributed by atoms with E-state index in [4.69, 9.17) is 5.73 Å². The van der Waals surface area contributed by atoms with E-state index in [0.717, 1.165) is 11.4 Å². The Hall–Kier alpha value is -1.00. The summed E-state index contributed by atoms with van der Waals surface area (Å²) in [4.78, 5) is 14.1. The van der Waals surface area contributed by atoms with Crippen molar-refractivity contribution in [3.05, 3.63) is 24.3 Å². The van der Waals surface area contributed by atoms with Gasteiger partial charge in [0.1, 0.15) is 0 Å². The zero-order chi connectivity index (χ0) is 11.3. The molecule has 0 aliphatic heterocycles. The number of rotatable bonds is 4. The maximum Gasteiger partial charge on any atom is 0.240 e. The minimum absolute atomic E-state index is 0.0436. The highest BCUT2D eigenvalue weighted by molar-refractivity contribution is 7.99. The van der Waals surface area contributed by atoms with E-state index < -0.39 is 0 Å². The first-order valence-corrected chi connectivity index (χ1v) is 5.87. The number of nitrogens with two attached hydrogens (primary N) is 1. The molecule has 0 saturated carbocycles. The molecule has 1 amide bonds. The van der Waals surface area contributed by atoms with E-state index in [0.29, 0.717) is 0 Å². The molecule has 1 rings (SSSR count). The molecule has 82 valence electrons. The molecule has 0 aromatic heterocycles. The van der Waals surface area contributed by atoms with E-state index in [1.165, 1.54) is 4.90 Å². The van der Waals surface area contributed by atoms with Gasteiger partial charge in [0.2, 0.25) is 5.91 Å². The van der Waals surface area contributed by atoms with Crippen molar-refractivity contribution in [2.24, 2.45) is 5.73 Å². The number of nitrogens with zero attached hydrogens (tertiary/aromatic N) is 1. The summed E-state index contributed by atoms with van der Waals surface area (Å²) in [5, 5.41) is 0. The molecule has 0 unspecified atom stereocenters. The van der Waals surface area contributed by atoms with Crippen LogP contribution in [0, 0.1) is 0 Å². The van der Waals surface area contributed by atoms with Crippen LogP contribution >= 0.6 is 11.8 Å². The third-order valence-corrected chi connectivity index (χ3v) is 2.98. The molecule has 0 bridgehead atoms. The van der Waals surface area contributed by atoms with Crippen molar-refractivity contribution in [3.8, 4) is 0 Å². The lowest BCUT2D eigenvalue weighted by atomic mass is 10.3. The Morgan fingerprint density at radius 2 is 2.00 bits per heavy atom. The van der Waals surface area contributed by atoms with Gasteiger partial charge < -0.3 is 10.6 Å². The SMILES string of the molecule is CCSc1ccc(N(C)C(=O)CN)cc1. The monoisotopic (exact) mass is 224 g/mol. The summed E-state index contributed by atoms with van der Waals surface area (Å²) in [5.74, 6) is 0.975. The maximum atomic E-state index is 11.3. The van der Waals surface area contributed by atoms with Crippen LogP contribution in [0.5, 0.6) is 0 Å². The van der Waals surface area contributed by atoms with Gasteiger partial charge in [0.25, 0.3) is 0 Å². The second-order valence-corrected chi connectivity index (χ2v) is 4.42. The van der Waals surface area contributed by atoms with Crippen molar-refractivity contribution in [2.75, 3.05) is 24.2 Å². The first kappa shape index (κ1) is 12.1. The number of benzene rings is 1. The largest absolute Gasteiger partial charge is 0.322 e. The zero-order valence-electron chi connectivity index (χ0n) is 9.06. The van der Waals surface area contributed by atoms with Crippen LogP contribution in [-0.4, -0.2) is 25.3 Å². The van der Waals surface area contributed by atoms with Gasteiger partial charge in [-0.05, 0) is 30.0 Å². The van der Waals surface area contributed by atoms with Gasteiger partial charge in [-0.3, -0.25) is 4.79 Å². The van der Waals surface area contributed by atoms with E-state index in [1.807, 2.05) is 24.3 Å². The van der Waals surface area contributed by atoms with Crippen molar-refractivity contribution in [3.63, 3.8) is 0 Å². The molecule has 0 aliphatic rings. The van der Waals surface area contributed by atoms with Gasteiger partial charge in [-0.1, -0.05) is 6.92 Å². The molecule has 0 fully saturated rings. The van der Waals surface area contributed by atoms with Crippen LogP contribution < -0.4 is 10.6 Å². The Balaban J connectivity index is 2.75. The number of hydrogen-bond donors (Lipinski definition) is 1. The summed E-state index contributed by atoms with van der Waals surface area (Å²) in [6.45, 7) is 2.16. The second-order valence-electron chi connectivity index (χ2n) is 3.08. The number of carbonyl (C=O) groups excluding carboxylic acids is 1. The predicted molar refractivity (Wildman–Crippen MR) is 65.3 cm³/mol. The molecule has 15 heavy (non-hydrogen) atoms. The van der Waals surface area contributed by atoms with Gasteiger partial charge in [-0.25, -0.2) is 0 Å². The summed E-state index contributed by atoms with van der Waals surface area (Å²) in [6.07, 6.45) is 0. The Bertz CT molecular complexity index is 324. The number of carbonyl (C=O) groups is 1. The highest BCUT2D eigenvalue weighted by Crippen LogP contribution is 2.21. The quantitative estimate of drug-likeness (QED) is 0.792. The smallest absolute Gasteiger partial charge is 0.240 e. The molecular weight excluding hydrogens is 208 g/mol. The number of anilines is 1. The minimum Gasteiger partial charge on any atom is -0.322 e. The second kappa shape index (κ2) is 5.78. The highest BCUT2D eigenvalue weighted by Gasteiger charge is 2.07. The van der Waals surface area contributed by atoms with Gasteiger partial charge in [0, 0.05) is 17.6 Å². The number of thioether (sulfide) groups is 1. The minimum atomic E-state index is -0.0779. The van der Waals surface area contributed by atoms with Gasteiger partial charge >= 0.3 is 0 Å². The standard InChI is InChI=1S/C11H16N2OS/c1-3-15-10-6-4-9(5-7-10)13(2)11(14)8-12/h4-7H,3,8,12H2,1-2H3. The van der Waals surface area contributed by atoms with E-state index in [9.17, 15) is 4.79 Å². The number of hydrogen-bond acceptors (Lipinski definition) is 3. The first-order chi connectivity index (χ1) is 7.19. The molecular formula is C11H16N2OS. The van der Waals surface area contributed by atoms with Crippen molar-refractivity contribution < 1.29 is 4.79 Å². The molecule has 0 aliphatic carbocycles. The molecule has 3 nitrogen and oxygen atoms in total. The lowest BCUT2D eigenvalue weighted by Gasteiger charge is -2.16. The summed E-state index contributed by atoms with van der Waals surface area (Å²) in [6, 6.07) is 7.91. The van der Waals surface area contributed by atoms with Gasteiger partial charge in [-0.2, -0.15) is 0 Å². The molecule has 1 aromatic carbocycles. The average molecular weight is 224 g/mol. The molecule has 0 spiro atoms. The normalized spacial score (nSPS) is 10.1. The topological polar surface area (TPSA) is 46.3 Å². The van der Waals surface area contributed by atoms with Gasteiger partial charge in [0.15, 0.2) is 0 Å². The third kappa shape index (κ3) is 3.25. The van der Waals surface area contributed by atoms with E-state index in [2.05, 4.69) is 6.92 Å². The first-order valence-electron chi connectivity index (χ1n) is 4.88. The summed E-state index contributed by atoms with van der Waals surface area (Å²) >= 11 is 1.78. The fourth-order valence-electron chi connectivity index (χ4n) is 1.21. The molecule has 4 heteroatoms. The Kier molecular flexibility index (Phi) is 4.65. The lowest BCUT2D eigenvalue weighted by molar-refractivity contribution is -0.117. The van der Waals surface area contributed by atoms with Gasteiger partial charge in [0.05, 0.1) is 6.54 Å². The lowest BCUT2D eigenvalue weighted by Crippen LogP contribution is -2.32. The zero-order valence-corrected chi connectivity index (χ0v) is 9.88. The van der Waals surface area contributed by atoms with Crippen LogP contribution in [0.4, 0.5) is 5.69 Å². The highest BCUT2D eigenvalue weighted by atomic mass is 32.2. The van der Waals surface area contributed by atoms with E-state index >= 15 is 0 Å². The van der Waals surface area contributed by atoms with Gasteiger partial charge in [-0.15, -0.1) is 11.8 Å². The Morgan fingerprint density at radius 1 is 1.40 bits per heavy atom. The number of likely N-dealkylation sites (N-methyl/N-ethyl adjacent to an activating group) is 1. The third-order valence-electron chi connectivity index (χ3n) is 2.08. The molecule has 0 radical (unpaired) electrons. The van der Waals surface area contributed by atoms with E-state index in [1.54, 1.807) is 23.7 Å². The van der Waals surface area contributed by atoms with Crippen molar-refractivity contribution in [2.45, 2.75) is 11.8 Å². The Morgan fingerprint density at radius 3 is 2.47 bits per heavy atom. The fraction of sp³-hybridized carbons (Fsp3) is 0.364. The molecule has 0 atom stereocenters. The fourth-order valence-corrected chi connectivity index (χ4v) is 1.88. The maximum absolute atomic E-state index is 11.3. The Labute approximate surface area is 94.6 Å². The predicted octanol–water partition coefficient (Wildman–Crippen LogP) is 1.72. The van der Waals surface area contributed by atoms with Crippen LogP contribution in [0.1, 0.15) is 6.92 Å². The number of amides is 1. The molecule has 0 heterocycles. The molecule has 1 aromatic rings. The van der Waals surface area contributed by atoms with Crippen LogP contribution in [0.15, 0.2) is 29.2 Å². The van der Waals surface area contributed by atoms with Crippen LogP contribution in [0.25, 0.3) is 0 Å². The van der Waals surface area contributed by atoms with Crippen LogP contribution in [-0.2, 0) is 4.79 Å². The van der Waals surface area contributed by atoms with E-state index in [-0.39, 0.29) is 12.5 Å². The molecule has 0 saturated heterocycles. The summed E-state index contributed by atoms with van der Waals surface area (Å²) in [5.41, 5.74) is 6.17. The summed E-state index contributed by atoms with van der Waals surface area (Å²) in [7, 11) is 1.73. The summed E-state index contributed by atoms with van der Waals surface area (Å²) < 4.78 is 0. The van der Waals surface area contributed by atoms with Crippen LogP contribution in [0.2, 0.25) is 0 Å². The van der Waals surface area contributed by atoms with Crippen molar-refractivity contribution in [1.29, 1.82) is 0 Å².